The molecule has 0 heterocycles. The van der Waals surface area contributed by atoms with E-state index in [1.807, 2.05) is 20.8 Å². The minimum atomic E-state index is -1.12. The van der Waals surface area contributed by atoms with E-state index in [1.165, 1.54) is 6.07 Å². The maximum Gasteiger partial charge on any atom is 0.321 e. The lowest BCUT2D eigenvalue weighted by atomic mass is 9.72. The Bertz CT molecular complexity index is 412. The summed E-state index contributed by atoms with van der Waals surface area (Å²) in [6, 6.07) is 5.06. The maximum absolute atomic E-state index is 13.7. The van der Waals surface area contributed by atoms with E-state index in [0.29, 0.717) is 5.56 Å². The van der Waals surface area contributed by atoms with Gasteiger partial charge in [0.05, 0.1) is 0 Å². The molecule has 1 aromatic carbocycles. The van der Waals surface area contributed by atoms with E-state index >= 15 is 0 Å². The van der Waals surface area contributed by atoms with Crippen molar-refractivity contribution < 1.29 is 14.3 Å². The average molecular weight is 239 g/mol. The van der Waals surface area contributed by atoms with Crippen molar-refractivity contribution in [3.8, 4) is 0 Å². The van der Waals surface area contributed by atoms with Crippen molar-refractivity contribution in [2.75, 3.05) is 0 Å². The Morgan fingerprint density at radius 2 is 1.88 bits per heavy atom. The molecule has 3 N–H and O–H groups in total. The number of benzene rings is 1. The van der Waals surface area contributed by atoms with Crippen molar-refractivity contribution in [1.29, 1.82) is 0 Å². The summed E-state index contributed by atoms with van der Waals surface area (Å²) in [5.74, 6) is -2.10. The Hall–Kier alpha value is -1.42. The second-order valence-electron chi connectivity index (χ2n) is 5.23. The van der Waals surface area contributed by atoms with E-state index in [1.54, 1.807) is 18.2 Å². The molecule has 0 saturated carbocycles. The molecule has 0 unspecified atom stereocenters. The number of carboxylic acids is 1. The molecule has 0 bridgehead atoms. The highest BCUT2D eigenvalue weighted by molar-refractivity contribution is 5.74. The molecule has 94 valence electrons. The highest BCUT2D eigenvalue weighted by atomic mass is 19.1. The zero-order valence-electron chi connectivity index (χ0n) is 10.3. The van der Waals surface area contributed by atoms with Gasteiger partial charge in [0, 0.05) is 5.92 Å². The lowest BCUT2D eigenvalue weighted by molar-refractivity contribution is -0.139. The molecule has 0 aromatic heterocycles. The van der Waals surface area contributed by atoms with Crippen LogP contribution in [0.15, 0.2) is 24.3 Å². The molecule has 0 amide bonds. The first-order valence-electron chi connectivity index (χ1n) is 5.48. The second kappa shape index (κ2) is 4.84. The van der Waals surface area contributed by atoms with Gasteiger partial charge >= 0.3 is 5.97 Å². The van der Waals surface area contributed by atoms with E-state index < -0.39 is 29.2 Å². The number of carbonyl (C=O) groups is 1. The summed E-state index contributed by atoms with van der Waals surface area (Å²) in [7, 11) is 0. The van der Waals surface area contributed by atoms with Crippen LogP contribution in [0.3, 0.4) is 0 Å². The monoisotopic (exact) mass is 239 g/mol. The van der Waals surface area contributed by atoms with Crippen LogP contribution in [0, 0.1) is 11.2 Å². The highest BCUT2D eigenvalue weighted by Gasteiger charge is 2.36. The number of aliphatic carboxylic acids is 1. The van der Waals surface area contributed by atoms with Crippen molar-refractivity contribution in [3.05, 3.63) is 35.6 Å². The van der Waals surface area contributed by atoms with Crippen LogP contribution in [0.2, 0.25) is 0 Å². The molecule has 0 spiro atoms. The van der Waals surface area contributed by atoms with E-state index in [4.69, 9.17) is 10.8 Å². The van der Waals surface area contributed by atoms with Crippen LogP contribution >= 0.6 is 0 Å². The molecular formula is C13H18FNO2. The predicted octanol–water partition coefficient (Wildman–Crippen LogP) is 2.37. The lowest BCUT2D eigenvalue weighted by Gasteiger charge is -2.34. The molecule has 0 saturated heterocycles. The van der Waals surface area contributed by atoms with Crippen LogP contribution in [-0.4, -0.2) is 17.1 Å². The molecule has 0 aliphatic heterocycles. The summed E-state index contributed by atoms with van der Waals surface area (Å²) in [5, 5.41) is 9.02. The van der Waals surface area contributed by atoms with Crippen molar-refractivity contribution in [1.82, 2.24) is 0 Å². The van der Waals surface area contributed by atoms with Crippen LogP contribution in [-0.2, 0) is 4.79 Å². The zero-order valence-corrected chi connectivity index (χ0v) is 10.3. The highest BCUT2D eigenvalue weighted by Crippen LogP contribution is 2.38. The minimum absolute atomic E-state index is 0.356. The summed E-state index contributed by atoms with van der Waals surface area (Å²) < 4.78 is 13.7. The molecule has 1 aromatic rings. The van der Waals surface area contributed by atoms with E-state index in [-0.39, 0.29) is 0 Å². The van der Waals surface area contributed by atoms with Gasteiger partial charge < -0.3 is 10.8 Å². The first kappa shape index (κ1) is 13.6. The van der Waals surface area contributed by atoms with Gasteiger partial charge in [-0.3, -0.25) is 4.79 Å². The van der Waals surface area contributed by atoms with E-state index in [2.05, 4.69) is 0 Å². The Labute approximate surface area is 100 Å². The third kappa shape index (κ3) is 3.03. The van der Waals surface area contributed by atoms with Crippen LogP contribution in [0.1, 0.15) is 32.3 Å². The summed E-state index contributed by atoms with van der Waals surface area (Å²) in [4.78, 5) is 11.0. The number of halogens is 1. The van der Waals surface area contributed by atoms with Gasteiger partial charge in [0.25, 0.3) is 0 Å². The molecule has 17 heavy (non-hydrogen) atoms. The number of hydrogen-bond acceptors (Lipinski definition) is 2. The molecule has 1 rings (SSSR count). The van der Waals surface area contributed by atoms with Gasteiger partial charge in [-0.2, -0.15) is 0 Å². The van der Waals surface area contributed by atoms with Crippen molar-refractivity contribution >= 4 is 5.97 Å². The standard InChI is InChI=1S/C13H18FNO2/c1-13(2,3)10(11(15)12(16)17)8-6-4-5-7-9(8)14/h4-7,10-11H,15H2,1-3H3,(H,16,17)/t10-,11-/m0/s1. The summed E-state index contributed by atoms with van der Waals surface area (Å²) in [6.45, 7) is 5.56. The lowest BCUT2D eigenvalue weighted by Crippen LogP contribution is -2.42. The number of carboxylic acid groups (broad SMARTS) is 1. The maximum atomic E-state index is 13.7. The predicted molar refractivity (Wildman–Crippen MR) is 64.2 cm³/mol. The molecule has 0 radical (unpaired) electrons. The first-order chi connectivity index (χ1) is 7.75. The Morgan fingerprint density at radius 3 is 2.29 bits per heavy atom. The Morgan fingerprint density at radius 1 is 1.35 bits per heavy atom. The molecule has 0 aliphatic rings. The van der Waals surface area contributed by atoms with Crippen LogP contribution in [0.25, 0.3) is 0 Å². The fourth-order valence-electron chi connectivity index (χ4n) is 2.07. The topological polar surface area (TPSA) is 63.3 Å². The summed E-state index contributed by atoms with van der Waals surface area (Å²) in [5.41, 5.74) is 5.61. The van der Waals surface area contributed by atoms with Crippen molar-refractivity contribution in [3.63, 3.8) is 0 Å². The Balaban J connectivity index is 3.26. The van der Waals surface area contributed by atoms with Crippen molar-refractivity contribution in [2.24, 2.45) is 11.1 Å². The van der Waals surface area contributed by atoms with E-state index in [0.717, 1.165) is 0 Å². The second-order valence-corrected chi connectivity index (χ2v) is 5.23. The van der Waals surface area contributed by atoms with E-state index in [9.17, 15) is 9.18 Å². The van der Waals surface area contributed by atoms with Gasteiger partial charge in [0.15, 0.2) is 0 Å². The Kier molecular flexibility index (Phi) is 3.88. The first-order valence-corrected chi connectivity index (χ1v) is 5.48. The van der Waals surface area contributed by atoms with Gasteiger partial charge in [0.1, 0.15) is 11.9 Å². The quantitative estimate of drug-likeness (QED) is 0.851. The smallest absolute Gasteiger partial charge is 0.321 e. The SMILES string of the molecule is CC(C)(C)[C@@H](c1ccccc1F)[C@H](N)C(=O)O. The van der Waals surface area contributed by atoms with Gasteiger partial charge in [-0.1, -0.05) is 39.0 Å². The number of nitrogens with two attached hydrogens (primary N) is 1. The van der Waals surface area contributed by atoms with Gasteiger partial charge in [-0.15, -0.1) is 0 Å². The summed E-state index contributed by atoms with van der Waals surface area (Å²) in [6.07, 6.45) is 0. The van der Waals surface area contributed by atoms with Crippen LogP contribution in [0.5, 0.6) is 0 Å². The molecule has 0 aliphatic carbocycles. The normalized spacial score (nSPS) is 15.4. The van der Waals surface area contributed by atoms with Crippen molar-refractivity contribution in [2.45, 2.75) is 32.7 Å². The molecule has 4 heteroatoms. The average Bonchev–Trinajstić information content (AvgIpc) is 2.19. The number of hydrogen-bond donors (Lipinski definition) is 2. The minimum Gasteiger partial charge on any atom is -0.480 e. The van der Waals surface area contributed by atoms with Gasteiger partial charge in [-0.05, 0) is 17.0 Å². The fourth-order valence-corrected chi connectivity index (χ4v) is 2.07. The van der Waals surface area contributed by atoms with Gasteiger partial charge in [-0.25, -0.2) is 4.39 Å². The van der Waals surface area contributed by atoms with Gasteiger partial charge in [0.2, 0.25) is 0 Å². The molecule has 2 atom stereocenters. The van der Waals surface area contributed by atoms with Crippen LogP contribution < -0.4 is 5.73 Å². The molecular weight excluding hydrogens is 221 g/mol. The molecule has 0 fully saturated rings. The largest absolute Gasteiger partial charge is 0.480 e. The van der Waals surface area contributed by atoms with Crippen LogP contribution in [0.4, 0.5) is 4.39 Å². The number of rotatable bonds is 3. The fraction of sp³-hybridized carbons (Fsp3) is 0.462. The third-order valence-electron chi connectivity index (χ3n) is 2.82. The summed E-state index contributed by atoms with van der Waals surface area (Å²) >= 11 is 0. The zero-order chi connectivity index (χ0) is 13.2. The molecule has 3 nitrogen and oxygen atoms in total. The third-order valence-corrected chi connectivity index (χ3v) is 2.82.